The molecule has 0 bridgehead atoms. The smallest absolute Gasteiger partial charge is 0.0141 e. The number of nitrogens with zero attached hydrogens (tertiary/aromatic N) is 1. The van der Waals surface area contributed by atoms with E-state index in [1.54, 1.807) is 0 Å². The van der Waals surface area contributed by atoms with Crippen LogP contribution in [-0.4, -0.2) is 24.5 Å². The molecule has 1 heterocycles. The normalized spacial score (nSPS) is 35.7. The molecule has 0 radical (unpaired) electrons. The van der Waals surface area contributed by atoms with Gasteiger partial charge in [-0.2, -0.15) is 0 Å². The molecule has 0 saturated carbocycles. The quantitative estimate of drug-likeness (QED) is 0.539. The molecular formula is C9H19N. The van der Waals surface area contributed by atoms with Crippen molar-refractivity contribution >= 4 is 0 Å². The second kappa shape index (κ2) is 2.91. The average Bonchev–Trinajstić information content (AvgIpc) is 2.11. The van der Waals surface area contributed by atoms with Crippen molar-refractivity contribution in [2.75, 3.05) is 13.6 Å². The molecule has 0 aliphatic carbocycles. The largest absolute Gasteiger partial charge is 0.303 e. The van der Waals surface area contributed by atoms with Crippen molar-refractivity contribution < 1.29 is 0 Å². The lowest BCUT2D eigenvalue weighted by molar-refractivity contribution is 0.218. The summed E-state index contributed by atoms with van der Waals surface area (Å²) in [6.07, 6.45) is 1.39. The molecule has 1 aliphatic rings. The van der Waals surface area contributed by atoms with E-state index in [0.29, 0.717) is 0 Å². The van der Waals surface area contributed by atoms with Crippen molar-refractivity contribution in [3.8, 4) is 0 Å². The highest BCUT2D eigenvalue weighted by atomic mass is 15.2. The minimum Gasteiger partial charge on any atom is -0.303 e. The summed E-state index contributed by atoms with van der Waals surface area (Å²) < 4.78 is 0. The summed E-state index contributed by atoms with van der Waals surface area (Å²) in [6, 6.07) is 0.833. The highest BCUT2D eigenvalue weighted by Crippen LogP contribution is 2.27. The van der Waals surface area contributed by atoms with Crippen LogP contribution in [0.1, 0.15) is 27.2 Å². The van der Waals surface area contributed by atoms with Crippen molar-refractivity contribution in [2.24, 2.45) is 11.8 Å². The van der Waals surface area contributed by atoms with E-state index in [2.05, 4.69) is 32.7 Å². The Kier molecular flexibility index (Phi) is 2.35. The Morgan fingerprint density at radius 2 is 2.00 bits per heavy atom. The van der Waals surface area contributed by atoms with E-state index < -0.39 is 0 Å². The van der Waals surface area contributed by atoms with Gasteiger partial charge >= 0.3 is 0 Å². The SMILES string of the molecule is CC(C)[C@@H]1[C@H](C)CCN1C. The first-order valence-corrected chi connectivity index (χ1v) is 4.33. The van der Waals surface area contributed by atoms with Gasteiger partial charge in [0.15, 0.2) is 0 Å². The Balaban J connectivity index is 2.54. The molecule has 10 heavy (non-hydrogen) atoms. The molecule has 0 aromatic rings. The van der Waals surface area contributed by atoms with Crippen LogP contribution in [0, 0.1) is 11.8 Å². The van der Waals surface area contributed by atoms with E-state index in [4.69, 9.17) is 0 Å². The van der Waals surface area contributed by atoms with Crippen molar-refractivity contribution in [1.82, 2.24) is 4.90 Å². The summed E-state index contributed by atoms with van der Waals surface area (Å²) in [7, 11) is 2.24. The van der Waals surface area contributed by atoms with E-state index in [0.717, 1.165) is 17.9 Å². The van der Waals surface area contributed by atoms with E-state index >= 15 is 0 Å². The monoisotopic (exact) mass is 141 g/mol. The lowest BCUT2D eigenvalue weighted by Crippen LogP contribution is -2.33. The lowest BCUT2D eigenvalue weighted by atomic mass is 9.93. The number of hydrogen-bond donors (Lipinski definition) is 0. The maximum absolute atomic E-state index is 2.50. The number of likely N-dealkylation sites (tertiary alicyclic amines) is 1. The molecule has 1 heteroatoms. The molecule has 1 rings (SSSR count). The number of rotatable bonds is 1. The van der Waals surface area contributed by atoms with E-state index in [-0.39, 0.29) is 0 Å². The van der Waals surface area contributed by atoms with Crippen LogP contribution in [0.15, 0.2) is 0 Å². The molecule has 0 amide bonds. The summed E-state index contributed by atoms with van der Waals surface area (Å²) in [4.78, 5) is 2.50. The third-order valence-electron chi connectivity index (χ3n) is 2.71. The van der Waals surface area contributed by atoms with Gasteiger partial charge in [0.25, 0.3) is 0 Å². The van der Waals surface area contributed by atoms with Gasteiger partial charge in [-0.15, -0.1) is 0 Å². The average molecular weight is 141 g/mol. The molecular weight excluding hydrogens is 122 g/mol. The van der Waals surface area contributed by atoms with Gasteiger partial charge in [0.05, 0.1) is 0 Å². The minimum absolute atomic E-state index is 0.822. The Hall–Kier alpha value is -0.0400. The topological polar surface area (TPSA) is 3.24 Å². The van der Waals surface area contributed by atoms with Crippen LogP contribution in [0.4, 0.5) is 0 Å². The van der Waals surface area contributed by atoms with E-state index in [1.807, 2.05) is 0 Å². The highest BCUT2D eigenvalue weighted by Gasteiger charge is 2.30. The molecule has 60 valence electrons. The zero-order valence-corrected chi connectivity index (χ0v) is 7.59. The third kappa shape index (κ3) is 1.34. The summed E-state index contributed by atoms with van der Waals surface area (Å²) in [5.41, 5.74) is 0. The van der Waals surface area contributed by atoms with Gasteiger partial charge in [0.1, 0.15) is 0 Å². The predicted molar refractivity (Wildman–Crippen MR) is 45.0 cm³/mol. The van der Waals surface area contributed by atoms with Gasteiger partial charge in [-0.25, -0.2) is 0 Å². The lowest BCUT2D eigenvalue weighted by Gasteiger charge is -2.26. The number of hydrogen-bond acceptors (Lipinski definition) is 1. The first kappa shape index (κ1) is 8.06. The van der Waals surface area contributed by atoms with Crippen molar-refractivity contribution in [3.63, 3.8) is 0 Å². The second-order valence-electron chi connectivity index (χ2n) is 3.98. The fourth-order valence-electron chi connectivity index (χ4n) is 2.33. The molecule has 0 N–H and O–H groups in total. The highest BCUT2D eigenvalue weighted by molar-refractivity contribution is 4.84. The zero-order valence-electron chi connectivity index (χ0n) is 7.59. The van der Waals surface area contributed by atoms with Gasteiger partial charge < -0.3 is 4.90 Å². The van der Waals surface area contributed by atoms with E-state index in [9.17, 15) is 0 Å². The minimum atomic E-state index is 0.822. The Morgan fingerprint density at radius 1 is 1.40 bits per heavy atom. The fraction of sp³-hybridized carbons (Fsp3) is 1.00. The van der Waals surface area contributed by atoms with Crippen LogP contribution in [0.3, 0.4) is 0 Å². The van der Waals surface area contributed by atoms with Crippen LogP contribution < -0.4 is 0 Å². The molecule has 0 spiro atoms. The second-order valence-corrected chi connectivity index (χ2v) is 3.98. The Labute approximate surface area is 64.4 Å². The maximum Gasteiger partial charge on any atom is 0.0141 e. The van der Waals surface area contributed by atoms with Gasteiger partial charge in [-0.05, 0) is 31.8 Å². The van der Waals surface area contributed by atoms with Gasteiger partial charge in [0.2, 0.25) is 0 Å². The zero-order chi connectivity index (χ0) is 7.72. The molecule has 1 saturated heterocycles. The van der Waals surface area contributed by atoms with Crippen LogP contribution in [0.5, 0.6) is 0 Å². The molecule has 0 aromatic carbocycles. The van der Waals surface area contributed by atoms with E-state index in [1.165, 1.54) is 13.0 Å². The molecule has 0 unspecified atom stereocenters. The first-order chi connectivity index (χ1) is 4.63. The molecule has 2 atom stereocenters. The van der Waals surface area contributed by atoms with Crippen LogP contribution in [-0.2, 0) is 0 Å². The van der Waals surface area contributed by atoms with Crippen molar-refractivity contribution in [1.29, 1.82) is 0 Å². The van der Waals surface area contributed by atoms with Gasteiger partial charge in [-0.3, -0.25) is 0 Å². The third-order valence-corrected chi connectivity index (χ3v) is 2.71. The Morgan fingerprint density at radius 3 is 2.20 bits per heavy atom. The van der Waals surface area contributed by atoms with Crippen molar-refractivity contribution in [3.05, 3.63) is 0 Å². The summed E-state index contributed by atoms with van der Waals surface area (Å²) in [5.74, 6) is 1.73. The fourth-order valence-corrected chi connectivity index (χ4v) is 2.33. The standard InChI is InChI=1S/C9H19N/c1-7(2)9-8(3)5-6-10(9)4/h7-9H,5-6H2,1-4H3/t8-,9-/m1/s1. The predicted octanol–water partition coefficient (Wildman–Crippen LogP) is 1.98. The summed E-state index contributed by atoms with van der Waals surface area (Å²) in [5, 5.41) is 0. The van der Waals surface area contributed by atoms with Crippen LogP contribution >= 0.6 is 0 Å². The van der Waals surface area contributed by atoms with Crippen LogP contribution in [0.25, 0.3) is 0 Å². The first-order valence-electron chi connectivity index (χ1n) is 4.33. The molecule has 1 aliphatic heterocycles. The molecule has 0 aromatic heterocycles. The van der Waals surface area contributed by atoms with Gasteiger partial charge in [0, 0.05) is 6.04 Å². The van der Waals surface area contributed by atoms with Gasteiger partial charge in [-0.1, -0.05) is 20.8 Å². The van der Waals surface area contributed by atoms with Crippen LogP contribution in [0.2, 0.25) is 0 Å². The molecule has 1 fully saturated rings. The van der Waals surface area contributed by atoms with Crippen molar-refractivity contribution in [2.45, 2.75) is 33.2 Å². The summed E-state index contributed by atoms with van der Waals surface area (Å²) >= 11 is 0. The molecule has 1 nitrogen and oxygen atoms in total. The Bertz CT molecular complexity index is 99.3. The maximum atomic E-state index is 2.50. The summed E-state index contributed by atoms with van der Waals surface area (Å²) in [6.45, 7) is 8.31.